The van der Waals surface area contributed by atoms with Crippen LogP contribution in [0.25, 0.3) is 0 Å². The van der Waals surface area contributed by atoms with Crippen molar-refractivity contribution < 1.29 is 39.9 Å². The molecule has 0 aliphatic rings. The molecule has 1 aromatic rings. The number of nitrogens with one attached hydrogen (secondary N) is 1. The molecule has 140 valence electrons. The van der Waals surface area contributed by atoms with Gasteiger partial charge in [0.2, 0.25) is 10.0 Å². The molecule has 0 aromatic carbocycles. The molecule has 1 unspecified atom stereocenters. The topological polar surface area (TPSA) is 66.4 Å². The van der Waals surface area contributed by atoms with Crippen LogP contribution in [0.5, 0.6) is 0 Å². The lowest BCUT2D eigenvalue weighted by Crippen LogP contribution is -2.54. The first-order chi connectivity index (χ1) is 10.6. The van der Waals surface area contributed by atoms with Crippen LogP contribution in [0.1, 0.15) is 0 Å². The summed E-state index contributed by atoms with van der Waals surface area (Å²) < 4.78 is 100. The van der Waals surface area contributed by atoms with Gasteiger partial charge < -0.3 is 5.11 Å². The number of aliphatic hydroxyl groups excluding tert-OH is 1. The predicted octanol–water partition coefficient (Wildman–Crippen LogP) is 4.20. The molecule has 24 heavy (non-hydrogen) atoms. The van der Waals surface area contributed by atoms with Crippen molar-refractivity contribution in [1.29, 1.82) is 0 Å². The molecular formula is C9H6BrCl2F6NO3S2. The molecule has 0 saturated heterocycles. The Balaban J connectivity index is 3.32. The van der Waals surface area contributed by atoms with Gasteiger partial charge in [0.1, 0.15) is 13.6 Å². The summed E-state index contributed by atoms with van der Waals surface area (Å²) in [7, 11) is -4.94. The van der Waals surface area contributed by atoms with Gasteiger partial charge in [-0.2, -0.15) is 26.3 Å². The van der Waals surface area contributed by atoms with E-state index >= 15 is 0 Å². The zero-order valence-electron chi connectivity index (χ0n) is 10.8. The predicted molar refractivity (Wildman–Crippen MR) is 78.8 cm³/mol. The van der Waals surface area contributed by atoms with Crippen LogP contribution >= 0.6 is 50.5 Å². The maximum atomic E-state index is 12.7. The molecule has 0 bridgehead atoms. The molecule has 4 nitrogen and oxygen atoms in total. The van der Waals surface area contributed by atoms with Gasteiger partial charge in [0.05, 0.1) is 17.1 Å². The summed E-state index contributed by atoms with van der Waals surface area (Å²) in [5.74, 6) is -4.11. The average molecular weight is 505 g/mol. The van der Waals surface area contributed by atoms with Crippen LogP contribution in [0.3, 0.4) is 0 Å². The Morgan fingerprint density at radius 3 is 1.88 bits per heavy atom. The number of alkyl halides is 6. The van der Waals surface area contributed by atoms with E-state index in [0.29, 0.717) is 11.3 Å². The van der Waals surface area contributed by atoms with Crippen LogP contribution in [0.2, 0.25) is 8.67 Å². The molecule has 0 amide bonds. The first-order valence-corrected chi connectivity index (χ1v) is 9.37. The second kappa shape index (κ2) is 7.45. The van der Waals surface area contributed by atoms with Crippen molar-refractivity contribution in [2.45, 2.75) is 23.3 Å². The Hall–Kier alpha value is 0.210. The maximum Gasteiger partial charge on any atom is 0.402 e. The van der Waals surface area contributed by atoms with Crippen molar-refractivity contribution in [1.82, 2.24) is 4.72 Å². The van der Waals surface area contributed by atoms with Gasteiger partial charge in [0, 0.05) is 0 Å². The van der Waals surface area contributed by atoms with Gasteiger partial charge in [0.25, 0.3) is 0 Å². The fourth-order valence-corrected chi connectivity index (χ4v) is 6.48. The van der Waals surface area contributed by atoms with Crippen molar-refractivity contribution in [3.8, 4) is 0 Å². The molecule has 1 rings (SSSR count). The van der Waals surface area contributed by atoms with Gasteiger partial charge in [-0.25, -0.2) is 13.1 Å². The molecule has 0 spiro atoms. The van der Waals surface area contributed by atoms with Crippen molar-refractivity contribution >= 4 is 60.5 Å². The van der Waals surface area contributed by atoms with Gasteiger partial charge >= 0.3 is 12.4 Å². The third-order valence-corrected chi connectivity index (χ3v) is 7.56. The fraction of sp³-hybridized carbons (Fsp3) is 0.556. The first-order valence-electron chi connectivity index (χ1n) is 5.52. The second-order valence-electron chi connectivity index (χ2n) is 4.26. The van der Waals surface area contributed by atoms with E-state index in [2.05, 4.69) is 15.9 Å². The van der Waals surface area contributed by atoms with Gasteiger partial charge in [-0.1, -0.05) is 23.2 Å². The number of hydrogen-bond donors (Lipinski definition) is 2. The summed E-state index contributed by atoms with van der Waals surface area (Å²) in [5, 5.41) is 8.88. The van der Waals surface area contributed by atoms with E-state index in [4.69, 9.17) is 28.3 Å². The molecule has 2 N–H and O–H groups in total. The van der Waals surface area contributed by atoms with Crippen LogP contribution in [0.4, 0.5) is 26.3 Å². The third-order valence-electron chi connectivity index (χ3n) is 2.61. The minimum Gasteiger partial charge on any atom is -0.395 e. The van der Waals surface area contributed by atoms with E-state index in [1.165, 1.54) is 4.72 Å². The molecule has 0 aliphatic heterocycles. The van der Waals surface area contributed by atoms with Crippen molar-refractivity contribution in [2.24, 2.45) is 5.92 Å². The largest absolute Gasteiger partial charge is 0.402 e. The lowest BCUT2D eigenvalue weighted by Gasteiger charge is -2.29. The molecule has 0 saturated carbocycles. The lowest BCUT2D eigenvalue weighted by atomic mass is 10.00. The fourth-order valence-electron chi connectivity index (χ4n) is 1.68. The number of halogens is 9. The Bertz CT molecular complexity index is 691. The number of aliphatic hydroxyl groups is 1. The molecule has 0 fully saturated rings. The summed E-state index contributed by atoms with van der Waals surface area (Å²) in [4.78, 5) is -0.819. The van der Waals surface area contributed by atoms with Crippen LogP contribution in [0, 0.1) is 5.92 Å². The van der Waals surface area contributed by atoms with E-state index < -0.39 is 50.2 Å². The van der Waals surface area contributed by atoms with Crippen molar-refractivity contribution in [3.63, 3.8) is 0 Å². The number of thiophene rings is 1. The molecular weight excluding hydrogens is 499 g/mol. The highest BCUT2D eigenvalue weighted by atomic mass is 79.9. The SMILES string of the molecule is O=S(=O)(NC(CO)C(C(F)(F)F)C(F)(F)F)c1c(Cl)sc(Cl)c1Br. The summed E-state index contributed by atoms with van der Waals surface area (Å²) in [6.45, 7) is -1.75. The normalized spacial score (nSPS) is 15.1. The third kappa shape index (κ3) is 4.89. The highest BCUT2D eigenvalue weighted by Crippen LogP contribution is 2.44. The minimum absolute atomic E-state index is 0.177. The number of hydrogen-bond acceptors (Lipinski definition) is 4. The zero-order valence-corrected chi connectivity index (χ0v) is 15.6. The number of rotatable bonds is 5. The Morgan fingerprint density at radius 1 is 1.12 bits per heavy atom. The zero-order chi connectivity index (χ0) is 19.1. The summed E-state index contributed by atoms with van der Waals surface area (Å²) in [6.07, 6.45) is -11.7. The van der Waals surface area contributed by atoms with Crippen LogP contribution in [-0.4, -0.2) is 38.5 Å². The van der Waals surface area contributed by atoms with Crippen LogP contribution < -0.4 is 4.72 Å². The summed E-state index contributed by atoms with van der Waals surface area (Å²) in [5.41, 5.74) is 0. The molecule has 1 aromatic heterocycles. The van der Waals surface area contributed by atoms with Crippen molar-refractivity contribution in [2.75, 3.05) is 6.61 Å². The summed E-state index contributed by atoms with van der Waals surface area (Å²) >= 11 is 14.5. The lowest BCUT2D eigenvalue weighted by molar-refractivity contribution is -0.292. The standard InChI is InChI=1S/C9H6BrCl2F6NO3S2/c10-3-4(7(12)23-6(3)11)24(21,22)19-2(1-20)5(8(13,14)15)9(16,17)18/h2,5,19-20H,1H2. The molecule has 1 atom stereocenters. The monoisotopic (exact) mass is 503 g/mol. The first kappa shape index (κ1) is 22.3. The van der Waals surface area contributed by atoms with E-state index in [1.807, 2.05) is 0 Å². The smallest absolute Gasteiger partial charge is 0.395 e. The minimum atomic E-state index is -5.85. The average Bonchev–Trinajstić information content (AvgIpc) is 2.58. The van der Waals surface area contributed by atoms with E-state index in [-0.39, 0.29) is 8.81 Å². The van der Waals surface area contributed by atoms with Gasteiger partial charge in [0.15, 0.2) is 5.92 Å². The molecule has 1 heterocycles. The summed E-state index contributed by atoms with van der Waals surface area (Å²) in [6, 6.07) is -2.91. The molecule has 15 heteroatoms. The van der Waals surface area contributed by atoms with Gasteiger partial charge in [-0.3, -0.25) is 0 Å². The maximum absolute atomic E-state index is 12.7. The van der Waals surface area contributed by atoms with Crippen LogP contribution in [0.15, 0.2) is 9.37 Å². The van der Waals surface area contributed by atoms with Gasteiger partial charge in [-0.05, 0) is 15.9 Å². The molecule has 0 radical (unpaired) electrons. The van der Waals surface area contributed by atoms with E-state index in [1.54, 1.807) is 0 Å². The van der Waals surface area contributed by atoms with E-state index in [0.717, 1.165) is 0 Å². The highest BCUT2D eigenvalue weighted by molar-refractivity contribution is 9.10. The van der Waals surface area contributed by atoms with Crippen molar-refractivity contribution in [3.05, 3.63) is 13.1 Å². The van der Waals surface area contributed by atoms with Gasteiger partial charge in [-0.15, -0.1) is 11.3 Å². The Kier molecular flexibility index (Phi) is 6.90. The Morgan fingerprint density at radius 2 is 1.58 bits per heavy atom. The second-order valence-corrected chi connectivity index (χ2v) is 8.93. The number of sulfonamides is 1. The Labute approximate surface area is 153 Å². The quantitative estimate of drug-likeness (QED) is 0.591. The van der Waals surface area contributed by atoms with E-state index in [9.17, 15) is 34.8 Å². The van der Waals surface area contributed by atoms with Crippen LogP contribution in [-0.2, 0) is 10.0 Å². The molecule has 0 aliphatic carbocycles. The highest BCUT2D eigenvalue weighted by Gasteiger charge is 2.60.